The fraction of sp³-hybridized carbons (Fsp3) is 0.471. The van der Waals surface area contributed by atoms with Crippen molar-refractivity contribution in [1.82, 2.24) is 16.0 Å². The molecule has 0 radical (unpaired) electrons. The standard InChI is InChI=1S/C17H23N3O4/c21-15(22)11-18-16(23)13-7-4-8-14(9-13)20-17(24)19-10-12-5-2-1-3-6-12/h1-3,5-6,13-14H,4,7-11H2,(H,18,23)(H,21,22)(H2,19,20,24). The molecule has 1 fully saturated rings. The van der Waals surface area contributed by atoms with Crippen LogP contribution >= 0.6 is 0 Å². The first kappa shape index (κ1) is 17.8. The first-order chi connectivity index (χ1) is 11.5. The molecular weight excluding hydrogens is 310 g/mol. The van der Waals surface area contributed by atoms with Gasteiger partial charge in [-0.1, -0.05) is 36.8 Å². The minimum atomic E-state index is -1.06. The molecule has 24 heavy (non-hydrogen) atoms. The lowest BCUT2D eigenvalue weighted by Crippen LogP contribution is -2.46. The summed E-state index contributed by atoms with van der Waals surface area (Å²) in [6.07, 6.45) is 2.90. The van der Waals surface area contributed by atoms with E-state index in [1.165, 1.54) is 0 Å². The molecule has 0 aromatic heterocycles. The smallest absolute Gasteiger partial charge is 0.322 e. The molecule has 1 aliphatic carbocycles. The summed E-state index contributed by atoms with van der Waals surface area (Å²) in [7, 11) is 0. The zero-order chi connectivity index (χ0) is 17.4. The lowest BCUT2D eigenvalue weighted by atomic mass is 9.85. The summed E-state index contributed by atoms with van der Waals surface area (Å²) in [5, 5.41) is 16.7. The third-order valence-electron chi connectivity index (χ3n) is 4.09. The van der Waals surface area contributed by atoms with Gasteiger partial charge in [0, 0.05) is 18.5 Å². The fourth-order valence-corrected chi connectivity index (χ4v) is 2.88. The number of rotatable bonds is 6. The van der Waals surface area contributed by atoms with Crippen LogP contribution in [0.3, 0.4) is 0 Å². The van der Waals surface area contributed by atoms with E-state index in [1.807, 2.05) is 30.3 Å². The maximum Gasteiger partial charge on any atom is 0.322 e. The first-order valence-electron chi connectivity index (χ1n) is 8.12. The van der Waals surface area contributed by atoms with Crippen molar-refractivity contribution >= 4 is 17.9 Å². The Bertz CT molecular complexity index is 576. The summed E-state index contributed by atoms with van der Waals surface area (Å²) in [6.45, 7) is 0.0763. The quantitative estimate of drug-likeness (QED) is 0.628. The number of nitrogens with one attached hydrogen (secondary N) is 3. The van der Waals surface area contributed by atoms with E-state index in [-0.39, 0.29) is 30.4 Å². The molecule has 130 valence electrons. The topological polar surface area (TPSA) is 108 Å². The van der Waals surface area contributed by atoms with Crippen molar-refractivity contribution in [3.8, 4) is 0 Å². The number of amides is 3. The Morgan fingerprint density at radius 2 is 1.83 bits per heavy atom. The highest BCUT2D eigenvalue weighted by atomic mass is 16.4. The van der Waals surface area contributed by atoms with Gasteiger partial charge in [-0.2, -0.15) is 0 Å². The fourth-order valence-electron chi connectivity index (χ4n) is 2.88. The molecule has 2 rings (SSSR count). The molecule has 0 aliphatic heterocycles. The number of carbonyl (C=O) groups is 3. The Hall–Kier alpha value is -2.57. The molecule has 0 spiro atoms. The number of carboxylic acid groups (broad SMARTS) is 1. The van der Waals surface area contributed by atoms with Gasteiger partial charge in [0.1, 0.15) is 6.54 Å². The normalized spacial score (nSPS) is 20.0. The molecular formula is C17H23N3O4. The van der Waals surface area contributed by atoms with Crippen molar-refractivity contribution in [2.45, 2.75) is 38.3 Å². The van der Waals surface area contributed by atoms with Gasteiger partial charge < -0.3 is 21.1 Å². The van der Waals surface area contributed by atoms with Crippen LogP contribution in [0.25, 0.3) is 0 Å². The van der Waals surface area contributed by atoms with Gasteiger partial charge in [-0.25, -0.2) is 4.79 Å². The van der Waals surface area contributed by atoms with Crippen LogP contribution in [0.2, 0.25) is 0 Å². The lowest BCUT2D eigenvalue weighted by Gasteiger charge is -2.29. The molecule has 0 saturated heterocycles. The first-order valence-corrected chi connectivity index (χ1v) is 8.12. The van der Waals surface area contributed by atoms with E-state index in [4.69, 9.17) is 5.11 Å². The van der Waals surface area contributed by atoms with Gasteiger partial charge in [-0.3, -0.25) is 9.59 Å². The van der Waals surface area contributed by atoms with Gasteiger partial charge in [0.25, 0.3) is 0 Å². The van der Waals surface area contributed by atoms with Gasteiger partial charge in [0.2, 0.25) is 5.91 Å². The Kier molecular flexibility index (Phi) is 6.60. The summed E-state index contributed by atoms with van der Waals surface area (Å²) in [4.78, 5) is 34.4. The van der Waals surface area contributed by atoms with Crippen molar-refractivity contribution in [2.75, 3.05) is 6.54 Å². The van der Waals surface area contributed by atoms with Crippen LogP contribution < -0.4 is 16.0 Å². The third-order valence-corrected chi connectivity index (χ3v) is 4.09. The summed E-state index contributed by atoms with van der Waals surface area (Å²) >= 11 is 0. The maximum absolute atomic E-state index is 12.0. The molecule has 1 saturated carbocycles. The van der Waals surface area contributed by atoms with Crippen molar-refractivity contribution < 1.29 is 19.5 Å². The maximum atomic E-state index is 12.0. The van der Waals surface area contributed by atoms with E-state index in [1.54, 1.807) is 0 Å². The van der Waals surface area contributed by atoms with Gasteiger partial charge in [-0.15, -0.1) is 0 Å². The van der Waals surface area contributed by atoms with Crippen LogP contribution in [0, 0.1) is 5.92 Å². The van der Waals surface area contributed by atoms with Crippen LogP contribution in [0.4, 0.5) is 4.79 Å². The molecule has 7 heteroatoms. The zero-order valence-electron chi connectivity index (χ0n) is 13.5. The van der Waals surface area contributed by atoms with Gasteiger partial charge >= 0.3 is 12.0 Å². The van der Waals surface area contributed by atoms with E-state index in [9.17, 15) is 14.4 Å². The van der Waals surface area contributed by atoms with Gasteiger partial charge in [0.05, 0.1) is 0 Å². The highest BCUT2D eigenvalue weighted by molar-refractivity contribution is 5.83. The largest absolute Gasteiger partial charge is 0.480 e. The second kappa shape index (κ2) is 8.90. The average Bonchev–Trinajstić information content (AvgIpc) is 2.59. The van der Waals surface area contributed by atoms with Crippen LogP contribution in [0.5, 0.6) is 0 Å². The molecule has 1 aromatic carbocycles. The molecule has 0 heterocycles. The monoisotopic (exact) mass is 333 g/mol. The number of hydrogen-bond acceptors (Lipinski definition) is 3. The van der Waals surface area contributed by atoms with E-state index < -0.39 is 5.97 Å². The predicted molar refractivity (Wildman–Crippen MR) is 88.2 cm³/mol. The molecule has 0 bridgehead atoms. The number of carbonyl (C=O) groups excluding carboxylic acids is 2. The molecule has 1 aromatic rings. The van der Waals surface area contributed by atoms with Crippen molar-refractivity contribution in [3.05, 3.63) is 35.9 Å². The average molecular weight is 333 g/mol. The van der Waals surface area contributed by atoms with Crippen LogP contribution in [-0.2, 0) is 16.1 Å². The minimum absolute atomic E-state index is 0.0740. The Labute approximate surface area is 140 Å². The molecule has 2 atom stereocenters. The number of aliphatic carboxylic acids is 1. The summed E-state index contributed by atoms with van der Waals surface area (Å²) in [6, 6.07) is 9.28. The molecule has 1 aliphatic rings. The highest BCUT2D eigenvalue weighted by Gasteiger charge is 2.28. The summed E-state index contributed by atoms with van der Waals surface area (Å²) in [5.74, 6) is -1.57. The number of carboxylic acids is 1. The van der Waals surface area contributed by atoms with Crippen LogP contribution in [-0.4, -0.2) is 35.6 Å². The molecule has 4 N–H and O–H groups in total. The second-order valence-corrected chi connectivity index (χ2v) is 5.98. The van der Waals surface area contributed by atoms with E-state index in [0.717, 1.165) is 24.8 Å². The number of hydrogen-bond donors (Lipinski definition) is 4. The Balaban J connectivity index is 1.74. The van der Waals surface area contributed by atoms with Gasteiger partial charge in [0.15, 0.2) is 0 Å². The van der Waals surface area contributed by atoms with Gasteiger partial charge in [-0.05, 0) is 24.8 Å². The van der Waals surface area contributed by atoms with Crippen molar-refractivity contribution in [1.29, 1.82) is 0 Å². The lowest BCUT2D eigenvalue weighted by molar-refractivity contribution is -0.138. The highest BCUT2D eigenvalue weighted by Crippen LogP contribution is 2.24. The van der Waals surface area contributed by atoms with Crippen LogP contribution in [0.1, 0.15) is 31.2 Å². The van der Waals surface area contributed by atoms with Crippen molar-refractivity contribution in [3.63, 3.8) is 0 Å². The third kappa shape index (κ3) is 5.91. The zero-order valence-corrected chi connectivity index (χ0v) is 13.5. The van der Waals surface area contributed by atoms with E-state index >= 15 is 0 Å². The van der Waals surface area contributed by atoms with E-state index in [0.29, 0.717) is 13.0 Å². The molecule has 3 amide bonds. The van der Waals surface area contributed by atoms with Crippen molar-refractivity contribution in [2.24, 2.45) is 5.92 Å². The summed E-state index contributed by atoms with van der Waals surface area (Å²) < 4.78 is 0. The second-order valence-electron chi connectivity index (χ2n) is 5.98. The molecule has 2 unspecified atom stereocenters. The molecule has 7 nitrogen and oxygen atoms in total. The van der Waals surface area contributed by atoms with Crippen LogP contribution in [0.15, 0.2) is 30.3 Å². The van der Waals surface area contributed by atoms with E-state index in [2.05, 4.69) is 16.0 Å². The number of benzene rings is 1. The summed E-state index contributed by atoms with van der Waals surface area (Å²) in [5.41, 5.74) is 1.02. The minimum Gasteiger partial charge on any atom is -0.480 e. The number of urea groups is 1. The predicted octanol–water partition coefficient (Wildman–Crippen LogP) is 1.25. The Morgan fingerprint density at radius 1 is 1.08 bits per heavy atom. The Morgan fingerprint density at radius 3 is 2.54 bits per heavy atom. The SMILES string of the molecule is O=C(O)CNC(=O)C1CCCC(NC(=O)NCc2ccccc2)C1.